The molecule has 3 aromatic carbocycles. The third-order valence-electron chi connectivity index (χ3n) is 4.57. The normalized spacial score (nSPS) is 12.8. The minimum absolute atomic E-state index is 0.416. The number of carbonyl (C=O) groups excluding carboxylic acids is 2. The van der Waals surface area contributed by atoms with E-state index < -0.39 is 11.6 Å². The summed E-state index contributed by atoms with van der Waals surface area (Å²) in [5.41, 5.74) is 7.11. The monoisotopic (exact) mass is 312 g/mol. The molecule has 3 aromatic rings. The van der Waals surface area contributed by atoms with Gasteiger partial charge in [0.05, 0.1) is 0 Å². The number of fused-ring (bicyclic) bond motifs is 3. The van der Waals surface area contributed by atoms with E-state index in [1.165, 1.54) is 5.56 Å². The Kier molecular flexibility index (Phi) is 3.20. The van der Waals surface area contributed by atoms with Gasteiger partial charge in [-0.1, -0.05) is 59.7 Å². The molecule has 0 amide bonds. The first-order valence-electron chi connectivity index (χ1n) is 7.96. The van der Waals surface area contributed by atoms with E-state index in [0.717, 1.165) is 27.8 Å². The van der Waals surface area contributed by atoms with E-state index in [2.05, 4.69) is 31.2 Å². The van der Waals surface area contributed by atoms with Crippen LogP contribution in [-0.4, -0.2) is 11.6 Å². The lowest BCUT2D eigenvalue weighted by Gasteiger charge is -2.19. The summed E-state index contributed by atoms with van der Waals surface area (Å²) >= 11 is 0. The van der Waals surface area contributed by atoms with Crippen molar-refractivity contribution in [2.45, 2.75) is 13.8 Å². The Labute approximate surface area is 140 Å². The lowest BCUT2D eigenvalue weighted by molar-refractivity contribution is 0.0815. The smallest absolute Gasteiger partial charge is 0.234 e. The van der Waals surface area contributed by atoms with Crippen molar-refractivity contribution in [2.24, 2.45) is 0 Å². The molecule has 24 heavy (non-hydrogen) atoms. The molecular weight excluding hydrogens is 296 g/mol. The van der Waals surface area contributed by atoms with Crippen molar-refractivity contribution < 1.29 is 9.59 Å². The Morgan fingerprint density at radius 3 is 1.67 bits per heavy atom. The molecule has 0 heterocycles. The van der Waals surface area contributed by atoms with Gasteiger partial charge in [0.1, 0.15) is 0 Å². The summed E-state index contributed by atoms with van der Waals surface area (Å²) in [6.07, 6.45) is 0. The Hall–Kier alpha value is -3.00. The van der Waals surface area contributed by atoms with Gasteiger partial charge in [-0.05, 0) is 48.2 Å². The second-order valence-electron chi connectivity index (χ2n) is 6.33. The van der Waals surface area contributed by atoms with Gasteiger partial charge in [-0.15, -0.1) is 0 Å². The van der Waals surface area contributed by atoms with E-state index >= 15 is 0 Å². The number of Topliss-reactive ketones (excluding diaryl/α,β-unsaturated/α-hetero) is 2. The van der Waals surface area contributed by atoms with Crippen LogP contribution in [0.15, 0.2) is 60.7 Å². The summed E-state index contributed by atoms with van der Waals surface area (Å²) in [4.78, 5) is 24.7. The van der Waals surface area contributed by atoms with Crippen LogP contribution in [0.25, 0.3) is 22.3 Å². The molecule has 0 aliphatic heterocycles. The second kappa shape index (κ2) is 5.27. The van der Waals surface area contributed by atoms with Gasteiger partial charge >= 0.3 is 0 Å². The van der Waals surface area contributed by atoms with Crippen molar-refractivity contribution in [3.63, 3.8) is 0 Å². The highest BCUT2D eigenvalue weighted by atomic mass is 16.2. The number of rotatable bonds is 1. The van der Waals surface area contributed by atoms with Crippen LogP contribution in [0.2, 0.25) is 0 Å². The maximum Gasteiger partial charge on any atom is 0.234 e. The van der Waals surface area contributed by atoms with Crippen LogP contribution in [0.1, 0.15) is 31.8 Å². The third-order valence-corrected chi connectivity index (χ3v) is 4.57. The average Bonchev–Trinajstić information content (AvgIpc) is 2.60. The molecule has 0 atom stereocenters. The topological polar surface area (TPSA) is 34.1 Å². The minimum atomic E-state index is -0.420. The van der Waals surface area contributed by atoms with Crippen LogP contribution in [-0.2, 0) is 0 Å². The van der Waals surface area contributed by atoms with Crippen LogP contribution >= 0.6 is 0 Å². The summed E-state index contributed by atoms with van der Waals surface area (Å²) in [5.74, 6) is -0.836. The predicted octanol–water partition coefficient (Wildman–Crippen LogP) is 5.02. The van der Waals surface area contributed by atoms with Crippen molar-refractivity contribution in [1.82, 2.24) is 0 Å². The number of carbonyl (C=O) groups is 2. The average molecular weight is 312 g/mol. The van der Waals surface area contributed by atoms with Gasteiger partial charge in [0.25, 0.3) is 0 Å². The highest BCUT2D eigenvalue weighted by molar-refractivity contribution is 6.53. The Morgan fingerprint density at radius 1 is 0.500 bits per heavy atom. The number of benzene rings is 3. The Bertz CT molecular complexity index is 995. The van der Waals surface area contributed by atoms with Gasteiger partial charge in [0, 0.05) is 11.1 Å². The lowest BCUT2D eigenvalue weighted by Crippen LogP contribution is -2.21. The van der Waals surface area contributed by atoms with Gasteiger partial charge < -0.3 is 0 Å². The molecule has 1 aliphatic rings. The van der Waals surface area contributed by atoms with Crippen LogP contribution in [0, 0.1) is 13.8 Å². The van der Waals surface area contributed by atoms with Crippen LogP contribution in [0.5, 0.6) is 0 Å². The molecule has 0 saturated heterocycles. The van der Waals surface area contributed by atoms with E-state index in [4.69, 9.17) is 0 Å². The van der Waals surface area contributed by atoms with Crippen LogP contribution in [0.3, 0.4) is 0 Å². The number of ketones is 2. The van der Waals surface area contributed by atoms with Gasteiger partial charge in [-0.25, -0.2) is 0 Å². The minimum Gasteiger partial charge on any atom is -0.285 e. The van der Waals surface area contributed by atoms with Gasteiger partial charge in [-0.2, -0.15) is 0 Å². The lowest BCUT2D eigenvalue weighted by atomic mass is 9.82. The SMILES string of the molecule is Cc1ccc(-c2ccc3c(c2)-c2cc(C)ccc2C(=O)C3=O)cc1. The molecular formula is C22H16O2. The molecule has 0 aromatic heterocycles. The summed E-state index contributed by atoms with van der Waals surface area (Å²) in [6, 6.07) is 19.6. The van der Waals surface area contributed by atoms with E-state index in [9.17, 15) is 9.59 Å². The molecule has 4 rings (SSSR count). The Morgan fingerprint density at radius 2 is 1.00 bits per heavy atom. The van der Waals surface area contributed by atoms with Crippen molar-refractivity contribution in [2.75, 3.05) is 0 Å². The third kappa shape index (κ3) is 2.19. The summed E-state index contributed by atoms with van der Waals surface area (Å²) in [7, 11) is 0. The maximum atomic E-state index is 12.4. The molecule has 0 fully saturated rings. The molecule has 0 bridgehead atoms. The first kappa shape index (κ1) is 14.6. The first-order valence-corrected chi connectivity index (χ1v) is 7.96. The summed E-state index contributed by atoms with van der Waals surface area (Å²) in [5, 5.41) is 0. The fourth-order valence-corrected chi connectivity index (χ4v) is 3.21. The van der Waals surface area contributed by atoms with Crippen molar-refractivity contribution >= 4 is 11.6 Å². The fraction of sp³-hybridized carbons (Fsp3) is 0.0909. The largest absolute Gasteiger partial charge is 0.285 e. The van der Waals surface area contributed by atoms with Crippen molar-refractivity contribution in [3.05, 3.63) is 82.9 Å². The van der Waals surface area contributed by atoms with E-state index in [-0.39, 0.29) is 0 Å². The molecule has 2 nitrogen and oxygen atoms in total. The van der Waals surface area contributed by atoms with Gasteiger partial charge in [-0.3, -0.25) is 9.59 Å². The fourth-order valence-electron chi connectivity index (χ4n) is 3.21. The molecule has 0 radical (unpaired) electrons. The summed E-state index contributed by atoms with van der Waals surface area (Å²) < 4.78 is 0. The molecule has 0 spiro atoms. The second-order valence-corrected chi connectivity index (χ2v) is 6.33. The number of hydrogen-bond donors (Lipinski definition) is 0. The van der Waals surface area contributed by atoms with Gasteiger partial charge in [0.15, 0.2) is 0 Å². The van der Waals surface area contributed by atoms with E-state index in [1.807, 2.05) is 31.2 Å². The zero-order chi connectivity index (χ0) is 16.8. The summed E-state index contributed by atoms with van der Waals surface area (Å²) in [6.45, 7) is 4.05. The quantitative estimate of drug-likeness (QED) is 0.591. The number of hydrogen-bond acceptors (Lipinski definition) is 2. The first-order chi connectivity index (χ1) is 11.5. The molecule has 116 valence electrons. The Balaban J connectivity index is 1.95. The molecule has 1 aliphatic carbocycles. The zero-order valence-electron chi connectivity index (χ0n) is 13.6. The maximum absolute atomic E-state index is 12.4. The highest BCUT2D eigenvalue weighted by Gasteiger charge is 2.30. The highest BCUT2D eigenvalue weighted by Crippen LogP contribution is 2.36. The molecule has 2 heteroatoms. The number of aryl methyl sites for hydroxylation is 2. The van der Waals surface area contributed by atoms with E-state index in [0.29, 0.717) is 11.1 Å². The van der Waals surface area contributed by atoms with Crippen LogP contribution < -0.4 is 0 Å². The van der Waals surface area contributed by atoms with Crippen LogP contribution in [0.4, 0.5) is 0 Å². The van der Waals surface area contributed by atoms with Crippen molar-refractivity contribution in [3.8, 4) is 22.3 Å². The molecule has 0 unspecified atom stereocenters. The predicted molar refractivity (Wildman–Crippen MR) is 95.4 cm³/mol. The molecule has 0 saturated carbocycles. The van der Waals surface area contributed by atoms with Gasteiger partial charge in [0.2, 0.25) is 11.6 Å². The molecule has 0 N–H and O–H groups in total. The van der Waals surface area contributed by atoms with Crippen molar-refractivity contribution in [1.29, 1.82) is 0 Å². The zero-order valence-corrected chi connectivity index (χ0v) is 13.6. The standard InChI is InChI=1S/C22H16O2/c1-13-3-6-15(7-4-13)16-8-10-18-20(12-16)19-11-14(2)5-9-17(19)21(23)22(18)24/h3-12H,1-2H3. The van der Waals surface area contributed by atoms with E-state index in [1.54, 1.807) is 12.1 Å².